The highest BCUT2D eigenvalue weighted by atomic mass is 19.4. The zero-order valence-corrected chi connectivity index (χ0v) is 13.2. The van der Waals surface area contributed by atoms with Crippen LogP contribution in [0.2, 0.25) is 0 Å². The van der Waals surface area contributed by atoms with Crippen molar-refractivity contribution in [2.24, 2.45) is 0 Å². The Morgan fingerprint density at radius 1 is 1.15 bits per heavy atom. The van der Waals surface area contributed by atoms with E-state index in [0.717, 1.165) is 24.3 Å². The Morgan fingerprint density at radius 2 is 1.73 bits per heavy atom. The Hall–Kier alpha value is -3.30. The molecule has 1 N–H and O–H groups in total. The molecule has 138 valence electrons. The second-order valence-electron chi connectivity index (χ2n) is 5.08. The molecule has 0 saturated heterocycles. The number of benzene rings is 2. The number of halogens is 3. The van der Waals surface area contributed by atoms with Crippen LogP contribution in [0.4, 0.5) is 18.9 Å². The summed E-state index contributed by atoms with van der Waals surface area (Å²) in [5.41, 5.74) is -1.53. The fourth-order valence-corrected chi connectivity index (χ4v) is 1.94. The number of nitrogens with zero attached hydrogens (tertiary/aromatic N) is 1. The fourth-order valence-electron chi connectivity index (χ4n) is 1.94. The fraction of sp³-hybridized carbons (Fsp3) is 0.188. The van der Waals surface area contributed by atoms with E-state index in [-0.39, 0.29) is 17.2 Å². The quantitative estimate of drug-likeness (QED) is 0.602. The maximum atomic E-state index is 12.6. The molecule has 2 aromatic rings. The predicted molar refractivity (Wildman–Crippen MR) is 82.3 cm³/mol. The smallest absolute Gasteiger partial charge is 0.416 e. The van der Waals surface area contributed by atoms with E-state index in [1.807, 2.05) is 0 Å². The third kappa shape index (κ3) is 4.41. The number of para-hydroxylation sites is 1. The first-order valence-corrected chi connectivity index (χ1v) is 7.11. The molecule has 0 amide bonds. The average Bonchev–Trinajstić information content (AvgIpc) is 2.54. The van der Waals surface area contributed by atoms with Crippen LogP contribution in [0.3, 0.4) is 0 Å². The number of rotatable bonds is 6. The number of carboxylic acids is 1. The first-order valence-electron chi connectivity index (χ1n) is 7.11. The molecule has 26 heavy (non-hydrogen) atoms. The molecule has 1 unspecified atom stereocenters. The summed E-state index contributed by atoms with van der Waals surface area (Å²) in [4.78, 5) is 21.3. The Kier molecular flexibility index (Phi) is 5.34. The Balaban J connectivity index is 2.34. The lowest BCUT2D eigenvalue weighted by Crippen LogP contribution is -2.23. The van der Waals surface area contributed by atoms with Gasteiger partial charge in [0, 0.05) is 0 Å². The molecule has 0 fully saturated rings. The van der Waals surface area contributed by atoms with Crippen LogP contribution in [0.25, 0.3) is 0 Å². The van der Waals surface area contributed by atoms with Crippen LogP contribution in [-0.4, -0.2) is 22.1 Å². The second-order valence-corrected chi connectivity index (χ2v) is 5.08. The molecule has 0 aliphatic heterocycles. The van der Waals surface area contributed by atoms with E-state index in [2.05, 4.69) is 0 Å². The molecule has 0 aliphatic rings. The number of alkyl halides is 3. The van der Waals surface area contributed by atoms with Gasteiger partial charge in [-0.25, -0.2) is 4.79 Å². The Labute approximate surface area is 144 Å². The van der Waals surface area contributed by atoms with Gasteiger partial charge in [0.15, 0.2) is 6.10 Å². The van der Waals surface area contributed by atoms with Gasteiger partial charge < -0.3 is 14.6 Å². The Bertz CT molecular complexity index is 820. The molecular weight excluding hydrogens is 359 g/mol. The van der Waals surface area contributed by atoms with E-state index in [1.165, 1.54) is 25.1 Å². The number of hydrogen-bond donors (Lipinski definition) is 1. The van der Waals surface area contributed by atoms with Crippen LogP contribution in [0.1, 0.15) is 12.5 Å². The molecule has 7 nitrogen and oxygen atoms in total. The summed E-state index contributed by atoms with van der Waals surface area (Å²) in [6, 6.07) is 7.31. The lowest BCUT2D eigenvalue weighted by Gasteiger charge is -2.13. The molecule has 10 heteroatoms. The van der Waals surface area contributed by atoms with Crippen LogP contribution in [0.5, 0.6) is 17.2 Å². The third-order valence-electron chi connectivity index (χ3n) is 3.21. The van der Waals surface area contributed by atoms with Gasteiger partial charge in [0.05, 0.1) is 10.5 Å². The molecule has 1 atom stereocenters. The number of ether oxygens (including phenoxy) is 2. The number of carboxylic acid groups (broad SMARTS) is 1. The molecule has 0 saturated carbocycles. The van der Waals surface area contributed by atoms with Crippen LogP contribution in [0, 0.1) is 10.1 Å². The number of nitro benzene ring substituents is 1. The SMILES string of the molecule is CC(Oc1cccc(Oc2ccc(C(F)(F)F)cc2)c1[N+](=O)[O-])C(=O)O. The summed E-state index contributed by atoms with van der Waals surface area (Å²) in [7, 11) is 0. The van der Waals surface area contributed by atoms with E-state index in [1.54, 1.807) is 0 Å². The summed E-state index contributed by atoms with van der Waals surface area (Å²) in [6.07, 6.45) is -5.87. The van der Waals surface area contributed by atoms with Crippen LogP contribution in [-0.2, 0) is 11.0 Å². The van der Waals surface area contributed by atoms with Crippen molar-refractivity contribution in [3.63, 3.8) is 0 Å². The summed E-state index contributed by atoms with van der Waals surface area (Å²) in [6.45, 7) is 1.19. The Morgan fingerprint density at radius 3 is 2.23 bits per heavy atom. The highest BCUT2D eigenvalue weighted by Gasteiger charge is 2.30. The molecular formula is C16H12F3NO6. The van der Waals surface area contributed by atoms with Crippen molar-refractivity contribution in [3.05, 3.63) is 58.1 Å². The van der Waals surface area contributed by atoms with E-state index in [0.29, 0.717) is 0 Å². The highest BCUT2D eigenvalue weighted by molar-refractivity contribution is 5.72. The first kappa shape index (κ1) is 19.0. The van der Waals surface area contributed by atoms with Crippen molar-refractivity contribution in [2.75, 3.05) is 0 Å². The molecule has 2 rings (SSSR count). The minimum absolute atomic E-state index is 0.0652. The number of hydrogen-bond acceptors (Lipinski definition) is 5. The normalized spacial score (nSPS) is 12.3. The standard InChI is InChI=1S/C16H12F3NO6/c1-9(15(21)22)25-12-3-2-4-13(14(12)20(23)24)26-11-7-5-10(6-8-11)16(17,18)19/h2-9H,1H3,(H,21,22). The third-order valence-corrected chi connectivity index (χ3v) is 3.21. The van der Waals surface area contributed by atoms with Crippen molar-refractivity contribution in [2.45, 2.75) is 19.2 Å². The topological polar surface area (TPSA) is 98.9 Å². The van der Waals surface area contributed by atoms with Crippen molar-refractivity contribution in [3.8, 4) is 17.2 Å². The van der Waals surface area contributed by atoms with Gasteiger partial charge in [0.2, 0.25) is 11.5 Å². The van der Waals surface area contributed by atoms with E-state index < -0.39 is 34.4 Å². The summed E-state index contributed by atoms with van der Waals surface area (Å²) >= 11 is 0. The van der Waals surface area contributed by atoms with Gasteiger partial charge in [0.25, 0.3) is 0 Å². The minimum Gasteiger partial charge on any atom is -0.479 e. The molecule has 2 aromatic carbocycles. The number of nitro groups is 1. The predicted octanol–water partition coefficient (Wildman–Crippen LogP) is 4.26. The van der Waals surface area contributed by atoms with Crippen LogP contribution < -0.4 is 9.47 Å². The van der Waals surface area contributed by atoms with Gasteiger partial charge >= 0.3 is 17.8 Å². The van der Waals surface area contributed by atoms with Gasteiger partial charge in [-0.3, -0.25) is 10.1 Å². The molecule has 0 aromatic heterocycles. The average molecular weight is 371 g/mol. The maximum absolute atomic E-state index is 12.6. The largest absolute Gasteiger partial charge is 0.479 e. The maximum Gasteiger partial charge on any atom is 0.416 e. The van der Waals surface area contributed by atoms with Gasteiger partial charge in [-0.05, 0) is 43.3 Å². The van der Waals surface area contributed by atoms with Crippen molar-refractivity contribution < 1.29 is 37.5 Å². The van der Waals surface area contributed by atoms with E-state index >= 15 is 0 Å². The van der Waals surface area contributed by atoms with E-state index in [9.17, 15) is 28.1 Å². The van der Waals surface area contributed by atoms with Crippen molar-refractivity contribution in [1.29, 1.82) is 0 Å². The van der Waals surface area contributed by atoms with E-state index in [4.69, 9.17) is 14.6 Å². The zero-order valence-electron chi connectivity index (χ0n) is 13.2. The van der Waals surface area contributed by atoms with Gasteiger partial charge in [-0.15, -0.1) is 0 Å². The molecule has 0 radical (unpaired) electrons. The summed E-state index contributed by atoms with van der Waals surface area (Å²) in [5.74, 6) is -2.03. The van der Waals surface area contributed by atoms with Gasteiger partial charge in [0.1, 0.15) is 5.75 Å². The molecule has 0 heterocycles. The summed E-state index contributed by atoms with van der Waals surface area (Å²) in [5, 5.41) is 20.2. The molecule has 0 bridgehead atoms. The van der Waals surface area contributed by atoms with Crippen molar-refractivity contribution in [1.82, 2.24) is 0 Å². The first-order chi connectivity index (χ1) is 12.1. The minimum atomic E-state index is -4.52. The van der Waals surface area contributed by atoms with Gasteiger partial charge in [-0.1, -0.05) is 6.07 Å². The second kappa shape index (κ2) is 7.30. The summed E-state index contributed by atoms with van der Waals surface area (Å²) < 4.78 is 48.0. The lowest BCUT2D eigenvalue weighted by atomic mass is 10.2. The number of aliphatic carboxylic acids is 1. The van der Waals surface area contributed by atoms with Crippen molar-refractivity contribution >= 4 is 11.7 Å². The van der Waals surface area contributed by atoms with Gasteiger partial charge in [-0.2, -0.15) is 13.2 Å². The van der Waals surface area contributed by atoms with Crippen LogP contribution >= 0.6 is 0 Å². The number of carbonyl (C=O) groups is 1. The molecule has 0 aliphatic carbocycles. The highest BCUT2D eigenvalue weighted by Crippen LogP contribution is 2.40. The molecule has 0 spiro atoms. The zero-order chi connectivity index (χ0) is 19.5. The lowest BCUT2D eigenvalue weighted by molar-refractivity contribution is -0.386. The monoisotopic (exact) mass is 371 g/mol. The van der Waals surface area contributed by atoms with Crippen LogP contribution in [0.15, 0.2) is 42.5 Å².